The zero-order valence-corrected chi connectivity index (χ0v) is 21.2. The normalized spacial score (nSPS) is 18.7. The second-order valence-corrected chi connectivity index (χ2v) is 10.6. The van der Waals surface area contributed by atoms with E-state index in [1.54, 1.807) is 0 Å². The van der Waals surface area contributed by atoms with Gasteiger partial charge in [0.25, 0.3) is 0 Å². The molecule has 2 aliphatic carbocycles. The quantitative estimate of drug-likeness (QED) is 0.261. The first kappa shape index (κ1) is 21.4. The molecule has 4 aromatic carbocycles. The van der Waals surface area contributed by atoms with Crippen molar-refractivity contribution in [3.8, 4) is 22.3 Å². The van der Waals surface area contributed by atoms with Crippen LogP contribution in [0.25, 0.3) is 22.3 Å². The number of hydrogen-bond donors (Lipinski definition) is 0. The molecule has 0 nitrogen and oxygen atoms in total. The van der Waals surface area contributed by atoms with Crippen molar-refractivity contribution in [2.75, 3.05) is 0 Å². The highest BCUT2D eigenvalue weighted by atomic mass is 79.9. The fourth-order valence-electron chi connectivity index (χ4n) is 5.81. The van der Waals surface area contributed by atoms with Gasteiger partial charge in [0, 0.05) is 4.47 Å². The van der Waals surface area contributed by atoms with E-state index in [0.29, 0.717) is 0 Å². The van der Waals surface area contributed by atoms with Crippen LogP contribution >= 0.6 is 15.9 Å². The molecule has 0 N–H and O–H groups in total. The Bertz CT molecular complexity index is 1450. The highest BCUT2D eigenvalue weighted by Gasteiger charge is 2.47. The Morgan fingerprint density at radius 2 is 1.35 bits per heavy atom. The molecule has 0 saturated carbocycles. The van der Waals surface area contributed by atoms with Crippen molar-refractivity contribution in [3.05, 3.63) is 141 Å². The highest BCUT2D eigenvalue weighted by molar-refractivity contribution is 9.10. The van der Waals surface area contributed by atoms with Gasteiger partial charge >= 0.3 is 0 Å². The van der Waals surface area contributed by atoms with Crippen molar-refractivity contribution >= 4 is 15.9 Å². The van der Waals surface area contributed by atoms with E-state index >= 15 is 0 Å². The molecule has 2 aliphatic rings. The Morgan fingerprint density at radius 3 is 2.06 bits per heavy atom. The summed E-state index contributed by atoms with van der Waals surface area (Å²) in [5.74, 6) is 0. The molecule has 0 aliphatic heterocycles. The van der Waals surface area contributed by atoms with Crippen molar-refractivity contribution in [2.24, 2.45) is 0 Å². The van der Waals surface area contributed by atoms with Gasteiger partial charge in [-0.3, -0.25) is 0 Å². The third-order valence-electron chi connectivity index (χ3n) is 7.53. The molecule has 1 unspecified atom stereocenters. The number of allylic oxidation sites excluding steroid dienone is 4. The Hall–Kier alpha value is -3.16. The van der Waals surface area contributed by atoms with Crippen LogP contribution in [0.3, 0.4) is 0 Å². The fourth-order valence-corrected chi connectivity index (χ4v) is 6.17. The van der Waals surface area contributed by atoms with E-state index in [2.05, 4.69) is 133 Å². The highest BCUT2D eigenvalue weighted by Crippen LogP contribution is 2.58. The van der Waals surface area contributed by atoms with Gasteiger partial charge in [-0.1, -0.05) is 118 Å². The predicted octanol–water partition coefficient (Wildman–Crippen LogP) is 9.41. The van der Waals surface area contributed by atoms with Crippen LogP contribution in [0.5, 0.6) is 0 Å². The van der Waals surface area contributed by atoms with Crippen LogP contribution in [0, 0.1) is 6.92 Å². The van der Waals surface area contributed by atoms with Crippen LogP contribution in [0.15, 0.2) is 119 Å². The number of fused-ring (bicyclic) bond motifs is 3. The lowest BCUT2D eigenvalue weighted by atomic mass is 9.64. The second kappa shape index (κ2) is 8.25. The summed E-state index contributed by atoms with van der Waals surface area (Å²) in [7, 11) is 0. The summed E-state index contributed by atoms with van der Waals surface area (Å²) >= 11 is 3.80. The summed E-state index contributed by atoms with van der Waals surface area (Å²) in [4.78, 5) is 0. The molecule has 0 aromatic heterocycles. The van der Waals surface area contributed by atoms with Crippen molar-refractivity contribution in [3.63, 3.8) is 0 Å². The van der Waals surface area contributed by atoms with Crippen LogP contribution in [0.4, 0.5) is 0 Å². The summed E-state index contributed by atoms with van der Waals surface area (Å²) < 4.78 is 1.13. The van der Waals surface area contributed by atoms with Crippen molar-refractivity contribution in [2.45, 2.75) is 32.1 Å². The number of aryl methyl sites for hydroxylation is 1. The van der Waals surface area contributed by atoms with Crippen LogP contribution < -0.4 is 0 Å². The average Bonchev–Trinajstić information content (AvgIpc) is 3.15. The smallest absolute Gasteiger partial charge is 0.0677 e. The van der Waals surface area contributed by atoms with E-state index in [-0.39, 0.29) is 5.41 Å². The zero-order valence-electron chi connectivity index (χ0n) is 19.6. The molecule has 6 rings (SSSR count). The molecule has 0 amide bonds. The molecule has 0 radical (unpaired) electrons. The Labute approximate surface area is 210 Å². The number of halogens is 1. The number of rotatable bonds is 3. The Kier molecular flexibility index (Phi) is 5.19. The van der Waals surface area contributed by atoms with Crippen molar-refractivity contribution < 1.29 is 0 Å². The molecule has 34 heavy (non-hydrogen) atoms. The molecule has 0 spiro atoms. The van der Waals surface area contributed by atoms with Gasteiger partial charge in [0.05, 0.1) is 5.41 Å². The van der Waals surface area contributed by atoms with Gasteiger partial charge in [0.1, 0.15) is 0 Å². The largest absolute Gasteiger partial charge is 0.0730 e. The molecule has 1 heteroatoms. The van der Waals surface area contributed by atoms with Crippen LogP contribution in [0.1, 0.15) is 42.0 Å². The number of benzene rings is 4. The summed E-state index contributed by atoms with van der Waals surface area (Å²) in [6.45, 7) is 4.41. The summed E-state index contributed by atoms with van der Waals surface area (Å²) in [5, 5.41) is 0. The monoisotopic (exact) mass is 502 g/mol. The Balaban J connectivity index is 1.73. The van der Waals surface area contributed by atoms with E-state index in [9.17, 15) is 0 Å². The van der Waals surface area contributed by atoms with Gasteiger partial charge in [-0.25, -0.2) is 0 Å². The van der Waals surface area contributed by atoms with Crippen molar-refractivity contribution in [1.82, 2.24) is 0 Å². The third kappa shape index (κ3) is 3.26. The molecular weight excluding hydrogens is 476 g/mol. The second-order valence-electron chi connectivity index (χ2n) is 9.64. The van der Waals surface area contributed by atoms with Gasteiger partial charge in [-0.05, 0) is 83.8 Å². The molecule has 1 atom stereocenters. The minimum atomic E-state index is -0.301. The lowest BCUT2D eigenvalue weighted by Gasteiger charge is -2.37. The molecule has 0 bridgehead atoms. The van der Waals surface area contributed by atoms with Crippen molar-refractivity contribution in [1.29, 1.82) is 0 Å². The van der Waals surface area contributed by atoms with E-state index in [1.807, 2.05) is 0 Å². The standard InChI is InChI=1S/C33H27Br/c1-22-8-13-26(14-9-22)33(27-15-10-23(2)11-16-27)31-20-25(24-6-4-3-5-7-24)12-18-29(31)30-19-17-28(34)21-32(30)33/h3-10,12-15,17-21H,11,16H2,1-2H3. The number of hydrogen-bond acceptors (Lipinski definition) is 0. The maximum absolute atomic E-state index is 3.80. The average molecular weight is 503 g/mol. The molecule has 0 saturated heterocycles. The first-order valence-corrected chi connectivity index (χ1v) is 12.8. The fraction of sp³-hybridized carbons (Fsp3) is 0.152. The summed E-state index contributed by atoms with van der Waals surface area (Å²) in [6, 6.07) is 33.9. The van der Waals surface area contributed by atoms with Crippen LogP contribution in [-0.2, 0) is 5.41 Å². The lowest BCUT2D eigenvalue weighted by Crippen LogP contribution is -2.30. The van der Waals surface area contributed by atoms with E-state index in [0.717, 1.165) is 17.3 Å². The van der Waals surface area contributed by atoms with E-state index in [1.165, 1.54) is 55.7 Å². The van der Waals surface area contributed by atoms with Gasteiger partial charge in [0.2, 0.25) is 0 Å². The maximum Gasteiger partial charge on any atom is 0.0677 e. The maximum atomic E-state index is 3.80. The Morgan fingerprint density at radius 1 is 0.647 bits per heavy atom. The molecule has 0 heterocycles. The predicted molar refractivity (Wildman–Crippen MR) is 147 cm³/mol. The first-order valence-electron chi connectivity index (χ1n) is 12.0. The minimum Gasteiger partial charge on any atom is -0.0730 e. The molecular formula is C33H27Br. The van der Waals surface area contributed by atoms with E-state index in [4.69, 9.17) is 0 Å². The first-order chi connectivity index (χ1) is 16.6. The summed E-state index contributed by atoms with van der Waals surface area (Å²) in [5.41, 5.74) is 13.2. The summed E-state index contributed by atoms with van der Waals surface area (Å²) in [6.07, 6.45) is 6.90. The van der Waals surface area contributed by atoms with Gasteiger partial charge in [0.15, 0.2) is 0 Å². The van der Waals surface area contributed by atoms with Gasteiger partial charge in [-0.15, -0.1) is 0 Å². The van der Waals surface area contributed by atoms with Gasteiger partial charge in [-0.2, -0.15) is 0 Å². The van der Waals surface area contributed by atoms with E-state index < -0.39 is 0 Å². The minimum absolute atomic E-state index is 0.301. The van der Waals surface area contributed by atoms with Crippen LogP contribution in [0.2, 0.25) is 0 Å². The molecule has 0 fully saturated rings. The third-order valence-corrected chi connectivity index (χ3v) is 8.02. The SMILES string of the molecule is CC1=CC=C(C2(c3ccc(C)cc3)c3cc(Br)ccc3-c3ccc(-c4ccccc4)cc32)CC1. The van der Waals surface area contributed by atoms with Gasteiger partial charge < -0.3 is 0 Å². The topological polar surface area (TPSA) is 0 Å². The lowest BCUT2D eigenvalue weighted by molar-refractivity contribution is 0.684. The molecule has 166 valence electrons. The molecule has 4 aromatic rings. The van der Waals surface area contributed by atoms with Crippen LogP contribution in [-0.4, -0.2) is 0 Å². The zero-order chi connectivity index (χ0) is 23.3.